The molecule has 0 aromatic heterocycles. The van der Waals surface area contributed by atoms with Crippen LogP contribution in [0.1, 0.15) is 43.2 Å². The summed E-state index contributed by atoms with van der Waals surface area (Å²) < 4.78 is 81.1. The Morgan fingerprint density at radius 3 is 2.18 bits per heavy atom. The number of nitrogens with two attached hydrogens (primary N) is 1. The summed E-state index contributed by atoms with van der Waals surface area (Å²) in [6.07, 6.45) is -15.7. The lowest BCUT2D eigenvalue weighted by Crippen LogP contribution is -2.50. The van der Waals surface area contributed by atoms with Gasteiger partial charge >= 0.3 is 12.4 Å². The Bertz CT molecular complexity index is 1320. The average molecular weight is 646 g/mol. The molecule has 44 heavy (non-hydrogen) atoms. The Hall–Kier alpha value is -3.59. The van der Waals surface area contributed by atoms with Gasteiger partial charge in [0.2, 0.25) is 18.0 Å². The molecule has 8 nitrogen and oxygen atoms in total. The van der Waals surface area contributed by atoms with Crippen molar-refractivity contribution in [1.82, 2.24) is 10.0 Å². The number of nitrogens with one attached hydrogen (secondary N) is 2. The molecule has 3 rings (SSSR count). The molecular weight excluding hydrogens is 612 g/mol. The highest BCUT2D eigenvalue weighted by Crippen LogP contribution is 2.33. The van der Waals surface area contributed by atoms with E-state index in [1.807, 2.05) is 0 Å². The molecule has 1 heterocycles. The smallest absolute Gasteiger partial charge is 0.330 e. The van der Waals surface area contributed by atoms with E-state index in [-0.39, 0.29) is 12.3 Å². The van der Waals surface area contributed by atoms with Crippen LogP contribution in [0.25, 0.3) is 0 Å². The van der Waals surface area contributed by atoms with E-state index in [1.165, 1.54) is 11.9 Å². The van der Waals surface area contributed by atoms with Gasteiger partial charge in [-0.05, 0) is 37.3 Å². The summed E-state index contributed by atoms with van der Waals surface area (Å²) in [5, 5.41) is 2.43. The number of benzodiazepines with no additional fused rings is 1. The quantitative estimate of drug-likeness (QED) is 0.162. The van der Waals surface area contributed by atoms with E-state index in [2.05, 4.69) is 15.0 Å². The van der Waals surface area contributed by atoms with E-state index < -0.39 is 80.2 Å². The van der Waals surface area contributed by atoms with Crippen LogP contribution in [0.3, 0.4) is 0 Å². The fraction of sp³-hybridized carbons (Fsp3) is 0.448. The molecule has 0 radical (unpaired) electrons. The molecule has 0 saturated heterocycles. The largest absolute Gasteiger partial charge is 0.389 e. The Kier molecular flexibility index (Phi) is 12.2. The number of carbonyl (C=O) groups excluding carboxylic acids is 3. The van der Waals surface area contributed by atoms with Crippen LogP contribution in [0.5, 0.6) is 0 Å². The molecule has 0 saturated carbocycles. The Balaban J connectivity index is 2.01. The molecule has 2 aromatic carbocycles. The van der Waals surface area contributed by atoms with E-state index in [9.17, 15) is 40.7 Å². The lowest BCUT2D eigenvalue weighted by Gasteiger charge is -2.28. The van der Waals surface area contributed by atoms with Crippen LogP contribution < -0.4 is 20.7 Å². The molecule has 3 amide bonds. The molecule has 0 spiro atoms. The van der Waals surface area contributed by atoms with Crippen molar-refractivity contribution in [3.8, 4) is 0 Å². The molecule has 2 aromatic rings. The Labute approximate surface area is 255 Å². The van der Waals surface area contributed by atoms with Gasteiger partial charge in [-0.15, -0.1) is 0 Å². The predicted molar refractivity (Wildman–Crippen MR) is 156 cm³/mol. The van der Waals surface area contributed by atoms with Gasteiger partial charge in [0.05, 0.1) is 17.3 Å². The number of aliphatic imine (C=N–C) groups is 1. The maximum Gasteiger partial charge on any atom is 0.389 e. The zero-order valence-electron chi connectivity index (χ0n) is 23.8. The highest BCUT2D eigenvalue weighted by Gasteiger charge is 2.40. The van der Waals surface area contributed by atoms with Crippen LogP contribution in [0.2, 0.25) is 0 Å². The first-order chi connectivity index (χ1) is 20.7. The van der Waals surface area contributed by atoms with Gasteiger partial charge in [0.25, 0.3) is 5.91 Å². The third kappa shape index (κ3) is 9.97. The summed E-state index contributed by atoms with van der Waals surface area (Å²) in [6, 6.07) is 15.6. The monoisotopic (exact) mass is 645 g/mol. The summed E-state index contributed by atoms with van der Waals surface area (Å²) in [5.41, 5.74) is 7.38. The highest BCUT2D eigenvalue weighted by atomic mass is 32.2. The van der Waals surface area contributed by atoms with Crippen LogP contribution in [0.15, 0.2) is 59.6 Å². The van der Waals surface area contributed by atoms with Crippen molar-refractivity contribution in [2.45, 2.75) is 50.6 Å². The number of anilines is 1. The summed E-state index contributed by atoms with van der Waals surface area (Å²) in [7, 11) is 1.46. The van der Waals surface area contributed by atoms with Crippen molar-refractivity contribution in [2.24, 2.45) is 22.6 Å². The first-order valence-electron chi connectivity index (χ1n) is 13.8. The second-order valence-corrected chi connectivity index (χ2v) is 11.0. The minimum atomic E-state index is -4.70. The molecule has 0 aliphatic carbocycles. The summed E-state index contributed by atoms with van der Waals surface area (Å²) in [6.45, 7) is 0.134. The van der Waals surface area contributed by atoms with Gasteiger partial charge in [-0.3, -0.25) is 19.1 Å². The molecule has 3 atom stereocenters. The number of alkyl halides is 6. The normalized spacial score (nSPS) is 16.8. The number of amides is 3. The summed E-state index contributed by atoms with van der Waals surface area (Å²) in [5.74, 6) is -5.78. The predicted octanol–water partition coefficient (Wildman–Crippen LogP) is 4.97. The van der Waals surface area contributed by atoms with Gasteiger partial charge in [-0.2, -0.15) is 26.3 Å². The zero-order valence-corrected chi connectivity index (χ0v) is 24.6. The molecule has 0 fully saturated rings. The maximum absolute atomic E-state index is 13.7. The van der Waals surface area contributed by atoms with Crippen molar-refractivity contribution < 1.29 is 40.7 Å². The molecule has 4 N–H and O–H groups in total. The number of fused-ring (bicyclic) bond motifs is 1. The summed E-state index contributed by atoms with van der Waals surface area (Å²) in [4.78, 5) is 46.1. The first-order valence-corrected chi connectivity index (χ1v) is 14.8. The topological polar surface area (TPSA) is 117 Å². The van der Waals surface area contributed by atoms with Crippen LogP contribution in [0, 0.1) is 11.8 Å². The number of hydrogen-bond donors (Lipinski definition) is 3. The number of hydrogen-bond acceptors (Lipinski definition) is 6. The standard InChI is InChI=1S/C29H33F6N5O3S/c1-40-22-12-6-5-10-21(22)23(18-8-3-2-4-9-18)37-24(27(40)43)38-25(41)19(11-7-14-28(30,31)32)20(13-15-29(33,34)35)26(42)39-44-17-16-36/h2-6,8-10,12,19-20,24H,7,11,13-17,36H2,1H3,(H,38,41)(H,39,42)/t19-,20+,24-/m1/s1. The molecule has 1 aliphatic rings. The fourth-order valence-corrected chi connectivity index (χ4v) is 5.33. The van der Waals surface area contributed by atoms with Crippen molar-refractivity contribution in [1.29, 1.82) is 0 Å². The van der Waals surface area contributed by atoms with E-state index in [1.54, 1.807) is 54.6 Å². The Morgan fingerprint density at radius 1 is 0.932 bits per heavy atom. The number of carbonyl (C=O) groups is 3. The third-order valence-corrected chi connectivity index (χ3v) is 7.72. The third-order valence-electron chi connectivity index (χ3n) is 6.94. The minimum absolute atomic E-state index is 0.134. The Morgan fingerprint density at radius 2 is 1.55 bits per heavy atom. The second-order valence-electron chi connectivity index (χ2n) is 10.1. The van der Waals surface area contributed by atoms with Gasteiger partial charge in [0.15, 0.2) is 0 Å². The average Bonchev–Trinajstić information content (AvgIpc) is 3.06. The number of para-hydroxylation sites is 1. The number of likely N-dealkylation sites (N-methyl/N-ethyl adjacent to an activating group) is 1. The lowest BCUT2D eigenvalue weighted by molar-refractivity contribution is -0.147. The molecular formula is C29H33F6N5O3S. The molecule has 0 unspecified atom stereocenters. The van der Waals surface area contributed by atoms with Gasteiger partial charge in [0, 0.05) is 49.2 Å². The van der Waals surface area contributed by atoms with Crippen LogP contribution in [0.4, 0.5) is 32.0 Å². The van der Waals surface area contributed by atoms with E-state index in [0.717, 1.165) is 11.9 Å². The number of halogens is 6. The summed E-state index contributed by atoms with van der Waals surface area (Å²) >= 11 is 0.810. The molecule has 1 aliphatic heterocycles. The number of rotatable bonds is 13. The van der Waals surface area contributed by atoms with Crippen molar-refractivity contribution in [2.75, 3.05) is 24.2 Å². The molecule has 240 valence electrons. The number of nitrogens with zero attached hydrogens (tertiary/aromatic N) is 2. The highest BCUT2D eigenvalue weighted by molar-refractivity contribution is 7.97. The maximum atomic E-state index is 13.7. The van der Waals surface area contributed by atoms with Crippen LogP contribution >= 0.6 is 11.9 Å². The van der Waals surface area contributed by atoms with E-state index in [0.29, 0.717) is 22.5 Å². The van der Waals surface area contributed by atoms with Gasteiger partial charge < -0.3 is 16.0 Å². The van der Waals surface area contributed by atoms with Gasteiger partial charge in [-0.25, -0.2) is 4.99 Å². The van der Waals surface area contributed by atoms with Gasteiger partial charge in [0.1, 0.15) is 0 Å². The van der Waals surface area contributed by atoms with Crippen molar-refractivity contribution in [3.63, 3.8) is 0 Å². The lowest BCUT2D eigenvalue weighted by atomic mass is 9.83. The van der Waals surface area contributed by atoms with Gasteiger partial charge in [-0.1, -0.05) is 48.5 Å². The van der Waals surface area contributed by atoms with Crippen LogP contribution in [-0.2, 0) is 14.4 Å². The zero-order chi connectivity index (χ0) is 32.5. The van der Waals surface area contributed by atoms with Crippen molar-refractivity contribution in [3.05, 3.63) is 65.7 Å². The molecule has 15 heteroatoms. The van der Waals surface area contributed by atoms with E-state index >= 15 is 0 Å². The number of benzene rings is 2. The van der Waals surface area contributed by atoms with Crippen LogP contribution in [-0.4, -0.2) is 61.3 Å². The SMILES string of the molecule is CN1C(=O)[C@@H](NC(=O)[C@H](CCCC(F)(F)F)[C@H](CCC(F)(F)F)C(=O)NSCCN)N=C(c2ccccc2)c2ccccc21. The first kappa shape index (κ1) is 34.9. The second kappa shape index (κ2) is 15.4. The van der Waals surface area contributed by atoms with E-state index in [4.69, 9.17) is 5.73 Å². The van der Waals surface area contributed by atoms with Crippen molar-refractivity contribution >= 4 is 41.1 Å². The fourth-order valence-electron chi connectivity index (χ4n) is 4.81. The minimum Gasteiger partial charge on any atom is -0.330 e. The molecule has 0 bridgehead atoms.